The molecule has 0 aromatic carbocycles. The van der Waals surface area contributed by atoms with Crippen LogP contribution in [0, 0.1) is 11.8 Å². The van der Waals surface area contributed by atoms with Crippen molar-refractivity contribution in [3.63, 3.8) is 0 Å². The Balaban J connectivity index is 2.47. The first-order chi connectivity index (χ1) is 9.20. The summed E-state index contributed by atoms with van der Waals surface area (Å²) in [5.41, 5.74) is 1.07. The van der Waals surface area contributed by atoms with Crippen molar-refractivity contribution in [3.8, 4) is 0 Å². The molecule has 20 heavy (non-hydrogen) atoms. The van der Waals surface area contributed by atoms with Gasteiger partial charge in [-0.3, -0.25) is 4.79 Å². The van der Waals surface area contributed by atoms with Crippen molar-refractivity contribution in [1.29, 1.82) is 0 Å². The molecule has 0 fully saturated rings. The van der Waals surface area contributed by atoms with E-state index in [2.05, 4.69) is 31.1 Å². The van der Waals surface area contributed by atoms with Crippen molar-refractivity contribution in [2.45, 2.75) is 53.0 Å². The van der Waals surface area contributed by atoms with Gasteiger partial charge >= 0.3 is 5.97 Å². The SMILES string of the molecule is CC(C)CC(CNCc1csc(C(C)(C)C)n1)C(=O)O. The summed E-state index contributed by atoms with van der Waals surface area (Å²) >= 11 is 1.66. The molecule has 1 rings (SSSR count). The van der Waals surface area contributed by atoms with Crippen LogP contribution in [-0.2, 0) is 16.8 Å². The number of hydrogen-bond acceptors (Lipinski definition) is 4. The second kappa shape index (κ2) is 7.18. The van der Waals surface area contributed by atoms with E-state index >= 15 is 0 Å². The zero-order valence-electron chi connectivity index (χ0n) is 13.1. The quantitative estimate of drug-likeness (QED) is 0.811. The highest BCUT2D eigenvalue weighted by atomic mass is 32.1. The summed E-state index contributed by atoms with van der Waals surface area (Å²) in [6.07, 6.45) is 0.701. The summed E-state index contributed by atoms with van der Waals surface area (Å²) in [4.78, 5) is 15.8. The summed E-state index contributed by atoms with van der Waals surface area (Å²) in [5.74, 6) is -0.653. The lowest BCUT2D eigenvalue weighted by Gasteiger charge is -2.15. The molecule has 0 spiro atoms. The Morgan fingerprint density at radius 2 is 2.10 bits per heavy atom. The first-order valence-corrected chi connectivity index (χ1v) is 7.96. The van der Waals surface area contributed by atoms with Gasteiger partial charge in [-0.05, 0) is 12.3 Å². The van der Waals surface area contributed by atoms with E-state index in [0.717, 1.165) is 10.7 Å². The second-order valence-corrected chi connectivity index (χ2v) is 7.55. The van der Waals surface area contributed by atoms with Crippen LogP contribution in [0.1, 0.15) is 51.7 Å². The van der Waals surface area contributed by atoms with E-state index in [-0.39, 0.29) is 11.3 Å². The fourth-order valence-electron chi connectivity index (χ4n) is 1.95. The number of nitrogens with zero attached hydrogens (tertiary/aromatic N) is 1. The minimum Gasteiger partial charge on any atom is -0.481 e. The number of aliphatic carboxylic acids is 1. The summed E-state index contributed by atoms with van der Waals surface area (Å²) < 4.78 is 0. The van der Waals surface area contributed by atoms with Crippen molar-refractivity contribution in [2.24, 2.45) is 11.8 Å². The number of aromatic nitrogens is 1. The van der Waals surface area contributed by atoms with Crippen LogP contribution < -0.4 is 5.32 Å². The fraction of sp³-hybridized carbons (Fsp3) is 0.733. The lowest BCUT2D eigenvalue weighted by Crippen LogP contribution is -2.29. The molecule has 1 heterocycles. The summed E-state index contributed by atoms with van der Waals surface area (Å²) in [7, 11) is 0. The molecule has 1 aromatic rings. The molecule has 4 nitrogen and oxygen atoms in total. The maximum atomic E-state index is 11.2. The van der Waals surface area contributed by atoms with E-state index in [0.29, 0.717) is 25.4 Å². The molecule has 0 radical (unpaired) electrons. The van der Waals surface area contributed by atoms with Crippen LogP contribution in [0.4, 0.5) is 0 Å². The predicted octanol–water partition coefficient (Wildman–Crippen LogP) is 3.28. The zero-order chi connectivity index (χ0) is 15.3. The molecule has 0 saturated carbocycles. The van der Waals surface area contributed by atoms with E-state index < -0.39 is 5.97 Å². The number of carboxylic acids is 1. The molecular weight excluding hydrogens is 272 g/mol. The molecule has 0 aliphatic rings. The van der Waals surface area contributed by atoms with Crippen LogP contribution >= 0.6 is 11.3 Å². The molecule has 1 aromatic heterocycles. The summed E-state index contributed by atoms with van der Waals surface area (Å²) in [6.45, 7) is 11.7. The highest BCUT2D eigenvalue weighted by Gasteiger charge is 2.20. The number of hydrogen-bond donors (Lipinski definition) is 2. The average Bonchev–Trinajstić information content (AvgIpc) is 2.75. The maximum absolute atomic E-state index is 11.2. The molecule has 114 valence electrons. The lowest BCUT2D eigenvalue weighted by atomic mass is 9.97. The van der Waals surface area contributed by atoms with E-state index in [1.807, 2.05) is 19.2 Å². The number of rotatable bonds is 7. The van der Waals surface area contributed by atoms with Gasteiger partial charge in [-0.15, -0.1) is 11.3 Å². The highest BCUT2D eigenvalue weighted by molar-refractivity contribution is 7.09. The third-order valence-corrected chi connectivity index (χ3v) is 4.31. The predicted molar refractivity (Wildman–Crippen MR) is 83.1 cm³/mol. The molecule has 5 heteroatoms. The molecule has 1 unspecified atom stereocenters. The number of nitrogens with one attached hydrogen (secondary N) is 1. The number of carboxylic acid groups (broad SMARTS) is 1. The monoisotopic (exact) mass is 298 g/mol. The summed E-state index contributed by atoms with van der Waals surface area (Å²) in [5, 5.41) is 15.6. The van der Waals surface area contributed by atoms with Crippen molar-refractivity contribution >= 4 is 17.3 Å². The van der Waals surface area contributed by atoms with Crippen molar-refractivity contribution in [1.82, 2.24) is 10.3 Å². The molecule has 0 aliphatic carbocycles. The Kier molecular flexibility index (Phi) is 6.14. The Labute approximate surface area is 125 Å². The van der Waals surface area contributed by atoms with E-state index in [4.69, 9.17) is 0 Å². The maximum Gasteiger partial charge on any atom is 0.307 e. The Morgan fingerprint density at radius 3 is 2.55 bits per heavy atom. The van der Waals surface area contributed by atoms with Gasteiger partial charge in [0.25, 0.3) is 0 Å². The topological polar surface area (TPSA) is 62.2 Å². The molecule has 0 bridgehead atoms. The molecule has 0 saturated heterocycles. The van der Waals surface area contributed by atoms with E-state index in [1.165, 1.54) is 0 Å². The van der Waals surface area contributed by atoms with Gasteiger partial charge in [0.05, 0.1) is 16.6 Å². The lowest BCUT2D eigenvalue weighted by molar-refractivity contribution is -0.142. The smallest absolute Gasteiger partial charge is 0.307 e. The minimum atomic E-state index is -0.722. The van der Waals surface area contributed by atoms with Crippen LogP contribution in [0.3, 0.4) is 0 Å². The standard InChI is InChI=1S/C15H26N2O2S/c1-10(2)6-11(13(18)19)7-16-8-12-9-20-14(17-12)15(3,4)5/h9-11,16H,6-8H2,1-5H3,(H,18,19). The van der Waals surface area contributed by atoms with Gasteiger partial charge < -0.3 is 10.4 Å². The van der Waals surface area contributed by atoms with Crippen LogP contribution in [-0.4, -0.2) is 22.6 Å². The third kappa shape index (κ3) is 5.59. The molecule has 1 atom stereocenters. The van der Waals surface area contributed by atoms with Crippen LogP contribution in [0.2, 0.25) is 0 Å². The fourth-order valence-corrected chi connectivity index (χ4v) is 2.85. The Morgan fingerprint density at radius 1 is 1.45 bits per heavy atom. The second-order valence-electron chi connectivity index (χ2n) is 6.69. The van der Waals surface area contributed by atoms with Gasteiger partial charge in [-0.25, -0.2) is 4.98 Å². The number of carbonyl (C=O) groups is 1. The van der Waals surface area contributed by atoms with Crippen LogP contribution in [0.15, 0.2) is 5.38 Å². The molecule has 0 amide bonds. The molecule has 2 N–H and O–H groups in total. The highest BCUT2D eigenvalue weighted by Crippen LogP contribution is 2.25. The van der Waals surface area contributed by atoms with Gasteiger partial charge in [0.1, 0.15) is 0 Å². The van der Waals surface area contributed by atoms with Crippen molar-refractivity contribution < 1.29 is 9.90 Å². The van der Waals surface area contributed by atoms with Gasteiger partial charge in [0.15, 0.2) is 0 Å². The normalized spacial score (nSPS) is 13.7. The largest absolute Gasteiger partial charge is 0.481 e. The van der Waals surface area contributed by atoms with Crippen LogP contribution in [0.5, 0.6) is 0 Å². The van der Waals surface area contributed by atoms with Gasteiger partial charge in [0, 0.05) is 23.9 Å². The first kappa shape index (κ1) is 17.1. The molecular formula is C15H26N2O2S. The number of thiazole rings is 1. The van der Waals surface area contributed by atoms with Gasteiger partial charge in [-0.2, -0.15) is 0 Å². The van der Waals surface area contributed by atoms with Crippen molar-refractivity contribution in [3.05, 3.63) is 16.1 Å². The summed E-state index contributed by atoms with van der Waals surface area (Å²) in [6, 6.07) is 0. The van der Waals surface area contributed by atoms with E-state index in [1.54, 1.807) is 11.3 Å². The Hall–Kier alpha value is -0.940. The Bertz CT molecular complexity index is 435. The van der Waals surface area contributed by atoms with Crippen LogP contribution in [0.25, 0.3) is 0 Å². The average molecular weight is 298 g/mol. The third-order valence-electron chi connectivity index (χ3n) is 3.00. The van der Waals surface area contributed by atoms with E-state index in [9.17, 15) is 9.90 Å². The van der Waals surface area contributed by atoms with Gasteiger partial charge in [-0.1, -0.05) is 34.6 Å². The minimum absolute atomic E-state index is 0.0736. The zero-order valence-corrected chi connectivity index (χ0v) is 13.9. The van der Waals surface area contributed by atoms with Crippen molar-refractivity contribution in [2.75, 3.05) is 6.54 Å². The molecule has 0 aliphatic heterocycles. The first-order valence-electron chi connectivity index (χ1n) is 7.08. The van der Waals surface area contributed by atoms with Gasteiger partial charge in [0.2, 0.25) is 0 Å².